The first kappa shape index (κ1) is 11.3. The molecule has 1 nitrogen and oxygen atoms in total. The largest absolute Gasteiger partial charge is 0.457 e. The van der Waals surface area contributed by atoms with Gasteiger partial charge in [-0.15, -0.1) is 0 Å². The van der Waals surface area contributed by atoms with E-state index in [0.717, 1.165) is 29.1 Å². The minimum absolute atomic E-state index is 0.220. The number of fused-ring (bicyclic) bond motifs is 1. The summed E-state index contributed by atoms with van der Waals surface area (Å²) in [4.78, 5) is 0. The van der Waals surface area contributed by atoms with Gasteiger partial charge in [0.1, 0.15) is 17.3 Å². The van der Waals surface area contributed by atoms with E-state index in [2.05, 4.69) is 32.1 Å². The molecule has 0 aromatic heterocycles. The molecule has 0 spiro atoms. The molecule has 1 aliphatic heterocycles. The first-order chi connectivity index (χ1) is 8.59. The zero-order chi connectivity index (χ0) is 12.8. The van der Waals surface area contributed by atoms with Gasteiger partial charge in [0.2, 0.25) is 0 Å². The minimum atomic E-state index is -0.240. The van der Waals surface area contributed by atoms with Crippen molar-refractivity contribution in [3.63, 3.8) is 0 Å². The van der Waals surface area contributed by atoms with Gasteiger partial charge in [0.15, 0.2) is 0 Å². The standard InChI is InChI=1S/C16H15FO/c1-16(2)12-6-4-3-5-7-14(12)18-15-9-8-11(17)10-13(15)16/h4-10H,3H2,1-2H3. The Balaban J connectivity index is 2.22. The van der Waals surface area contributed by atoms with Crippen molar-refractivity contribution in [2.45, 2.75) is 25.7 Å². The predicted molar refractivity (Wildman–Crippen MR) is 70.0 cm³/mol. The van der Waals surface area contributed by atoms with Gasteiger partial charge < -0.3 is 4.74 Å². The van der Waals surface area contributed by atoms with Gasteiger partial charge in [-0.25, -0.2) is 4.39 Å². The van der Waals surface area contributed by atoms with Crippen LogP contribution in [0.3, 0.4) is 0 Å². The molecule has 0 saturated carbocycles. The third-order valence-electron chi connectivity index (χ3n) is 3.60. The predicted octanol–water partition coefficient (Wildman–Crippen LogP) is 4.27. The van der Waals surface area contributed by atoms with E-state index in [4.69, 9.17) is 4.74 Å². The zero-order valence-corrected chi connectivity index (χ0v) is 10.5. The van der Waals surface area contributed by atoms with Crippen molar-refractivity contribution < 1.29 is 9.13 Å². The van der Waals surface area contributed by atoms with E-state index in [-0.39, 0.29) is 11.2 Å². The van der Waals surface area contributed by atoms with Crippen LogP contribution in [0.4, 0.5) is 4.39 Å². The highest BCUT2D eigenvalue weighted by Crippen LogP contribution is 2.45. The summed E-state index contributed by atoms with van der Waals surface area (Å²) in [7, 11) is 0. The topological polar surface area (TPSA) is 9.23 Å². The quantitative estimate of drug-likeness (QED) is 0.660. The second-order valence-corrected chi connectivity index (χ2v) is 5.19. The van der Waals surface area contributed by atoms with Gasteiger partial charge in [-0.05, 0) is 30.7 Å². The van der Waals surface area contributed by atoms with Crippen molar-refractivity contribution in [2.75, 3.05) is 0 Å². The second-order valence-electron chi connectivity index (χ2n) is 5.19. The summed E-state index contributed by atoms with van der Waals surface area (Å²) >= 11 is 0. The molecule has 0 saturated heterocycles. The molecule has 0 bridgehead atoms. The molecule has 0 fully saturated rings. The van der Waals surface area contributed by atoms with Crippen molar-refractivity contribution in [3.8, 4) is 5.75 Å². The normalized spacial score (nSPS) is 19.9. The fourth-order valence-electron chi connectivity index (χ4n) is 2.56. The summed E-state index contributed by atoms with van der Waals surface area (Å²) in [5.74, 6) is 1.40. The Morgan fingerprint density at radius 2 is 1.94 bits per heavy atom. The molecule has 0 radical (unpaired) electrons. The Morgan fingerprint density at radius 1 is 1.17 bits per heavy atom. The number of benzene rings is 1. The van der Waals surface area contributed by atoms with Gasteiger partial charge >= 0.3 is 0 Å². The van der Waals surface area contributed by atoms with Crippen molar-refractivity contribution in [2.24, 2.45) is 0 Å². The SMILES string of the molecule is CC1(C)C2=C(C=CCC=C2)Oc2ccc(F)cc21. The number of ether oxygens (including phenoxy) is 1. The number of hydrogen-bond acceptors (Lipinski definition) is 1. The van der Waals surface area contributed by atoms with Crippen molar-refractivity contribution >= 4 is 0 Å². The molecule has 92 valence electrons. The summed E-state index contributed by atoms with van der Waals surface area (Å²) in [5.41, 5.74) is 1.77. The highest BCUT2D eigenvalue weighted by Gasteiger charge is 2.34. The van der Waals surface area contributed by atoms with Gasteiger partial charge in [-0.2, -0.15) is 0 Å². The van der Waals surface area contributed by atoms with Crippen LogP contribution in [0.5, 0.6) is 5.75 Å². The third kappa shape index (κ3) is 1.60. The fraction of sp³-hybridized carbons (Fsp3) is 0.250. The Hall–Kier alpha value is -1.83. The van der Waals surface area contributed by atoms with Gasteiger partial charge in [0.05, 0.1) is 0 Å². The van der Waals surface area contributed by atoms with E-state index in [0.29, 0.717) is 0 Å². The molecular weight excluding hydrogens is 227 g/mol. The summed E-state index contributed by atoms with van der Waals surface area (Å²) in [6, 6.07) is 4.72. The second kappa shape index (κ2) is 3.84. The Kier molecular flexibility index (Phi) is 2.40. The number of rotatable bonds is 0. The molecule has 0 unspecified atom stereocenters. The van der Waals surface area contributed by atoms with Crippen molar-refractivity contribution in [1.29, 1.82) is 0 Å². The first-order valence-electron chi connectivity index (χ1n) is 6.15. The van der Waals surface area contributed by atoms with Crippen LogP contribution in [0, 0.1) is 5.82 Å². The lowest BCUT2D eigenvalue weighted by molar-refractivity contribution is 0.386. The number of hydrogen-bond donors (Lipinski definition) is 0. The molecule has 1 heterocycles. The zero-order valence-electron chi connectivity index (χ0n) is 10.5. The first-order valence-corrected chi connectivity index (χ1v) is 6.15. The summed E-state index contributed by atoms with van der Waals surface area (Å²) in [5, 5.41) is 0. The molecule has 1 aliphatic carbocycles. The monoisotopic (exact) mass is 242 g/mol. The average molecular weight is 242 g/mol. The van der Waals surface area contributed by atoms with Crippen LogP contribution in [0.1, 0.15) is 25.8 Å². The van der Waals surface area contributed by atoms with Gasteiger partial charge in [0, 0.05) is 16.6 Å². The van der Waals surface area contributed by atoms with E-state index in [9.17, 15) is 4.39 Å². The Bertz CT molecular complexity index is 591. The summed E-state index contributed by atoms with van der Waals surface area (Å²) in [6.07, 6.45) is 9.17. The van der Waals surface area contributed by atoms with Crippen LogP contribution in [0.25, 0.3) is 0 Å². The molecule has 1 aromatic carbocycles. The molecule has 3 rings (SSSR count). The lowest BCUT2D eigenvalue weighted by Gasteiger charge is -2.34. The lowest BCUT2D eigenvalue weighted by Crippen LogP contribution is -2.26. The average Bonchev–Trinajstić information content (AvgIpc) is 2.56. The smallest absolute Gasteiger partial charge is 0.131 e. The van der Waals surface area contributed by atoms with E-state index in [1.54, 1.807) is 12.1 Å². The summed E-state index contributed by atoms with van der Waals surface area (Å²) in [6.45, 7) is 4.21. The summed E-state index contributed by atoms with van der Waals surface area (Å²) < 4.78 is 19.3. The minimum Gasteiger partial charge on any atom is -0.457 e. The molecule has 2 aliphatic rings. The van der Waals surface area contributed by atoms with Crippen LogP contribution in [0.15, 0.2) is 53.8 Å². The molecule has 2 heteroatoms. The molecule has 1 aromatic rings. The number of allylic oxidation sites excluding steroid dienone is 5. The molecular formula is C16H15FO. The van der Waals surface area contributed by atoms with Crippen molar-refractivity contribution in [1.82, 2.24) is 0 Å². The van der Waals surface area contributed by atoms with Crippen LogP contribution < -0.4 is 4.74 Å². The highest BCUT2D eigenvalue weighted by molar-refractivity contribution is 5.55. The van der Waals surface area contributed by atoms with Gasteiger partial charge in [-0.3, -0.25) is 0 Å². The maximum Gasteiger partial charge on any atom is 0.131 e. The Labute approximate surface area is 106 Å². The fourth-order valence-corrected chi connectivity index (χ4v) is 2.56. The molecule has 0 amide bonds. The van der Waals surface area contributed by atoms with E-state index >= 15 is 0 Å². The van der Waals surface area contributed by atoms with Crippen LogP contribution in [-0.4, -0.2) is 0 Å². The number of halogens is 1. The lowest BCUT2D eigenvalue weighted by atomic mass is 9.75. The van der Waals surface area contributed by atoms with Crippen LogP contribution in [-0.2, 0) is 5.41 Å². The van der Waals surface area contributed by atoms with Crippen molar-refractivity contribution in [3.05, 3.63) is 65.2 Å². The van der Waals surface area contributed by atoms with E-state index in [1.165, 1.54) is 6.07 Å². The molecule has 18 heavy (non-hydrogen) atoms. The van der Waals surface area contributed by atoms with Gasteiger partial charge in [0.25, 0.3) is 0 Å². The maximum atomic E-state index is 13.4. The third-order valence-corrected chi connectivity index (χ3v) is 3.60. The highest BCUT2D eigenvalue weighted by atomic mass is 19.1. The van der Waals surface area contributed by atoms with E-state index in [1.807, 2.05) is 6.08 Å². The van der Waals surface area contributed by atoms with E-state index < -0.39 is 0 Å². The maximum absolute atomic E-state index is 13.4. The Morgan fingerprint density at radius 3 is 2.78 bits per heavy atom. The van der Waals surface area contributed by atoms with Crippen LogP contribution in [0.2, 0.25) is 0 Å². The molecule has 0 N–H and O–H groups in total. The van der Waals surface area contributed by atoms with Gasteiger partial charge in [-0.1, -0.05) is 32.1 Å². The van der Waals surface area contributed by atoms with Crippen LogP contribution >= 0.6 is 0 Å². The molecule has 0 atom stereocenters.